The molecule has 0 bridgehead atoms. The monoisotopic (exact) mass is 283 g/mol. The first-order valence-corrected chi connectivity index (χ1v) is 8.34. The smallest absolute Gasteiger partial charge is 0.0461 e. The van der Waals surface area contributed by atoms with Crippen LogP contribution in [0.15, 0.2) is 18.2 Å². The minimum atomic E-state index is 0.313. The number of aryl methyl sites for hydroxylation is 1. The van der Waals surface area contributed by atoms with Gasteiger partial charge < -0.3 is 10.7 Å². The van der Waals surface area contributed by atoms with E-state index in [1.54, 1.807) is 5.56 Å². The molecular formula is C18H25N3. The van der Waals surface area contributed by atoms with Gasteiger partial charge in [0.2, 0.25) is 0 Å². The van der Waals surface area contributed by atoms with Gasteiger partial charge in [0.1, 0.15) is 0 Å². The van der Waals surface area contributed by atoms with Crippen molar-refractivity contribution in [1.82, 2.24) is 9.88 Å². The second-order valence-corrected chi connectivity index (χ2v) is 6.67. The molecule has 0 radical (unpaired) electrons. The van der Waals surface area contributed by atoms with Gasteiger partial charge in [0.05, 0.1) is 0 Å². The molecule has 21 heavy (non-hydrogen) atoms. The Bertz CT molecular complexity index is 672. The van der Waals surface area contributed by atoms with Gasteiger partial charge in [-0.2, -0.15) is 0 Å². The maximum atomic E-state index is 6.34. The summed E-state index contributed by atoms with van der Waals surface area (Å²) in [7, 11) is 0. The number of hydrogen-bond acceptors (Lipinski definition) is 2. The van der Waals surface area contributed by atoms with E-state index >= 15 is 0 Å². The summed E-state index contributed by atoms with van der Waals surface area (Å²) in [5.74, 6) is 0.602. The van der Waals surface area contributed by atoms with E-state index in [2.05, 4.69) is 41.9 Å². The maximum absolute atomic E-state index is 6.34. The van der Waals surface area contributed by atoms with Crippen LogP contribution in [0.25, 0.3) is 10.9 Å². The number of benzene rings is 1. The molecule has 3 N–H and O–H groups in total. The fourth-order valence-corrected chi connectivity index (χ4v) is 4.66. The minimum Gasteiger partial charge on any atom is -0.358 e. The van der Waals surface area contributed by atoms with Crippen molar-refractivity contribution in [2.24, 2.45) is 5.73 Å². The van der Waals surface area contributed by atoms with Gasteiger partial charge in [0.15, 0.2) is 0 Å². The summed E-state index contributed by atoms with van der Waals surface area (Å²) in [6.07, 6.45) is 3.41. The first kappa shape index (κ1) is 13.4. The zero-order chi connectivity index (χ0) is 14.6. The van der Waals surface area contributed by atoms with E-state index in [4.69, 9.17) is 5.73 Å². The highest BCUT2D eigenvalue weighted by molar-refractivity contribution is 5.89. The molecule has 2 heterocycles. The van der Waals surface area contributed by atoms with Crippen molar-refractivity contribution in [2.75, 3.05) is 13.1 Å². The van der Waals surface area contributed by atoms with E-state index in [1.807, 2.05) is 0 Å². The molecular weight excluding hydrogens is 258 g/mol. The highest BCUT2D eigenvalue weighted by Gasteiger charge is 2.39. The molecule has 1 unspecified atom stereocenters. The van der Waals surface area contributed by atoms with Crippen LogP contribution in [-0.4, -0.2) is 35.1 Å². The van der Waals surface area contributed by atoms with Crippen molar-refractivity contribution in [3.05, 3.63) is 35.0 Å². The molecule has 2 aliphatic rings. The van der Waals surface area contributed by atoms with Crippen molar-refractivity contribution in [2.45, 2.75) is 51.1 Å². The number of aromatic amines is 1. The Labute approximate surface area is 126 Å². The number of fused-ring (bicyclic) bond motifs is 2. The molecule has 3 heteroatoms. The molecule has 1 aliphatic heterocycles. The van der Waals surface area contributed by atoms with Crippen molar-refractivity contribution in [3.8, 4) is 0 Å². The second-order valence-electron chi connectivity index (χ2n) is 6.67. The average molecular weight is 283 g/mol. The molecule has 112 valence electrons. The Morgan fingerprint density at radius 2 is 2.19 bits per heavy atom. The molecule has 3 nitrogen and oxygen atoms in total. The third-order valence-electron chi connectivity index (χ3n) is 5.58. The zero-order valence-electron chi connectivity index (χ0n) is 13.0. The Kier molecular flexibility index (Phi) is 3.09. The topological polar surface area (TPSA) is 45.1 Å². The van der Waals surface area contributed by atoms with Crippen LogP contribution in [0.5, 0.6) is 0 Å². The number of nitrogens with one attached hydrogen (secondary N) is 1. The van der Waals surface area contributed by atoms with E-state index in [1.165, 1.54) is 28.6 Å². The van der Waals surface area contributed by atoms with Gasteiger partial charge in [0, 0.05) is 41.1 Å². The molecule has 3 atom stereocenters. The summed E-state index contributed by atoms with van der Waals surface area (Å²) >= 11 is 0. The molecule has 0 amide bonds. The lowest BCUT2D eigenvalue weighted by molar-refractivity contribution is 0.116. The van der Waals surface area contributed by atoms with Crippen LogP contribution in [0.3, 0.4) is 0 Å². The quantitative estimate of drug-likeness (QED) is 0.890. The van der Waals surface area contributed by atoms with E-state index < -0.39 is 0 Å². The van der Waals surface area contributed by atoms with Crippen molar-refractivity contribution >= 4 is 10.9 Å². The maximum Gasteiger partial charge on any atom is 0.0461 e. The number of hydrogen-bond donors (Lipinski definition) is 2. The number of nitrogens with two attached hydrogens (primary N) is 1. The SMILES string of the molecule is CCc1[nH]c2cccc3c2c1C[C@@H]1C3C[C@H](N)CN1CC. The summed E-state index contributed by atoms with van der Waals surface area (Å²) in [6.45, 7) is 6.67. The summed E-state index contributed by atoms with van der Waals surface area (Å²) in [6, 6.07) is 7.71. The van der Waals surface area contributed by atoms with Gasteiger partial charge in [-0.1, -0.05) is 26.0 Å². The van der Waals surface area contributed by atoms with Crippen molar-refractivity contribution in [1.29, 1.82) is 0 Å². The molecule has 1 aliphatic carbocycles. The summed E-state index contributed by atoms with van der Waals surface area (Å²) in [5.41, 5.74) is 12.2. The van der Waals surface area contributed by atoms with E-state index in [9.17, 15) is 0 Å². The van der Waals surface area contributed by atoms with Crippen LogP contribution < -0.4 is 5.73 Å². The molecule has 4 rings (SSSR count). The molecule has 1 aromatic carbocycles. The number of piperidine rings is 1. The highest BCUT2D eigenvalue weighted by atomic mass is 15.2. The van der Waals surface area contributed by atoms with Gasteiger partial charge in [-0.25, -0.2) is 0 Å². The predicted octanol–water partition coefficient (Wildman–Crippen LogP) is 2.79. The number of H-pyrrole nitrogens is 1. The molecule has 1 fully saturated rings. The minimum absolute atomic E-state index is 0.313. The fraction of sp³-hybridized carbons (Fsp3) is 0.556. The van der Waals surface area contributed by atoms with Crippen LogP contribution in [0.1, 0.15) is 43.0 Å². The number of likely N-dealkylation sites (tertiary alicyclic amines) is 1. The first-order chi connectivity index (χ1) is 10.2. The van der Waals surface area contributed by atoms with Crippen LogP contribution >= 0.6 is 0 Å². The molecule has 1 aromatic heterocycles. The van der Waals surface area contributed by atoms with Gasteiger partial charge in [-0.3, -0.25) is 4.90 Å². The third-order valence-corrected chi connectivity index (χ3v) is 5.58. The molecule has 0 spiro atoms. The van der Waals surface area contributed by atoms with Crippen LogP contribution in [0.4, 0.5) is 0 Å². The standard InChI is InChI=1S/C18H25N3/c1-3-15-14-9-17-13(8-11(19)10-21(17)4-2)12-6-5-7-16(20-15)18(12)14/h5-7,11,13,17,20H,3-4,8-10,19H2,1-2H3/t11-,13?,17+/m0/s1. The van der Waals surface area contributed by atoms with Crippen LogP contribution in [-0.2, 0) is 12.8 Å². The Balaban J connectivity index is 1.91. The number of likely N-dealkylation sites (N-methyl/N-ethyl adjacent to an activating group) is 1. The van der Waals surface area contributed by atoms with Crippen molar-refractivity contribution in [3.63, 3.8) is 0 Å². The molecule has 1 saturated heterocycles. The van der Waals surface area contributed by atoms with E-state index in [-0.39, 0.29) is 0 Å². The zero-order valence-corrected chi connectivity index (χ0v) is 13.0. The lowest BCUT2D eigenvalue weighted by Crippen LogP contribution is -2.53. The van der Waals surface area contributed by atoms with Crippen molar-refractivity contribution < 1.29 is 0 Å². The number of nitrogens with zero attached hydrogens (tertiary/aromatic N) is 1. The summed E-state index contributed by atoms with van der Waals surface area (Å²) in [4.78, 5) is 6.25. The van der Waals surface area contributed by atoms with Gasteiger partial charge >= 0.3 is 0 Å². The van der Waals surface area contributed by atoms with Crippen LogP contribution in [0.2, 0.25) is 0 Å². The number of rotatable bonds is 2. The van der Waals surface area contributed by atoms with Gasteiger partial charge in [-0.05, 0) is 43.0 Å². The van der Waals surface area contributed by atoms with Crippen LogP contribution in [0, 0.1) is 0 Å². The Morgan fingerprint density at radius 1 is 1.33 bits per heavy atom. The largest absolute Gasteiger partial charge is 0.358 e. The summed E-state index contributed by atoms with van der Waals surface area (Å²) in [5, 5.41) is 1.50. The lowest BCUT2D eigenvalue weighted by Gasteiger charge is -2.46. The normalized spacial score (nSPS) is 28.8. The third kappa shape index (κ3) is 1.87. The molecule has 2 aromatic rings. The lowest BCUT2D eigenvalue weighted by atomic mass is 9.73. The fourth-order valence-electron chi connectivity index (χ4n) is 4.66. The van der Waals surface area contributed by atoms with Gasteiger partial charge in [0.25, 0.3) is 0 Å². The average Bonchev–Trinajstić information content (AvgIpc) is 2.87. The van der Waals surface area contributed by atoms with Gasteiger partial charge in [-0.15, -0.1) is 0 Å². The second kappa shape index (κ2) is 4.85. The first-order valence-electron chi connectivity index (χ1n) is 8.34. The van der Waals surface area contributed by atoms with E-state index in [0.717, 1.165) is 25.9 Å². The molecule has 0 saturated carbocycles. The number of aromatic nitrogens is 1. The Morgan fingerprint density at radius 3 is 2.95 bits per heavy atom. The Hall–Kier alpha value is -1.32. The summed E-state index contributed by atoms with van der Waals surface area (Å²) < 4.78 is 0. The van der Waals surface area contributed by atoms with E-state index in [0.29, 0.717) is 18.0 Å². The highest BCUT2D eigenvalue weighted by Crippen LogP contribution is 2.44. The predicted molar refractivity (Wildman–Crippen MR) is 87.7 cm³/mol.